The molecular weight excluding hydrogens is 1090 g/mol. The highest BCUT2D eigenvalue weighted by molar-refractivity contribution is 5.88. The molecule has 83 heavy (non-hydrogen) atoms. The van der Waals surface area contributed by atoms with Crippen molar-refractivity contribution < 1.29 is 117 Å². The fourth-order valence-corrected chi connectivity index (χ4v) is 15.8. The number of methoxy groups -OCH3 is 3. The van der Waals surface area contributed by atoms with Crippen molar-refractivity contribution >= 4 is 11.8 Å². The van der Waals surface area contributed by atoms with Gasteiger partial charge in [0, 0.05) is 63.4 Å². The highest BCUT2D eigenvalue weighted by Crippen LogP contribution is 2.70. The Morgan fingerprint density at radius 2 is 1.22 bits per heavy atom. The van der Waals surface area contributed by atoms with Gasteiger partial charge in [0.05, 0.1) is 55.4 Å². The number of rotatable bonds is 17. The van der Waals surface area contributed by atoms with Gasteiger partial charge in [-0.3, -0.25) is 4.79 Å². The van der Waals surface area contributed by atoms with Gasteiger partial charge >= 0.3 is 5.97 Å². The smallest absolute Gasteiger partial charge is 0.333 e. The quantitative estimate of drug-likeness (QED) is 0.0581. The van der Waals surface area contributed by atoms with E-state index in [2.05, 4.69) is 6.92 Å². The molecule has 474 valence electrons. The van der Waals surface area contributed by atoms with Crippen molar-refractivity contribution in [1.29, 1.82) is 0 Å². The van der Waals surface area contributed by atoms with Gasteiger partial charge in [-0.2, -0.15) is 0 Å². The molecule has 0 bridgehead atoms. The molecule has 0 spiro atoms. The second kappa shape index (κ2) is 25.7. The lowest BCUT2D eigenvalue weighted by molar-refractivity contribution is -0.374. The molecule has 3 saturated carbocycles. The lowest BCUT2D eigenvalue weighted by Gasteiger charge is -2.66. The lowest BCUT2D eigenvalue weighted by atomic mass is 9.43. The Kier molecular flexibility index (Phi) is 20.2. The summed E-state index contributed by atoms with van der Waals surface area (Å²) >= 11 is 0. The topological polar surface area (TPSA) is 325 Å². The Morgan fingerprint density at radius 3 is 1.80 bits per heavy atom. The molecule has 24 nitrogen and oxygen atoms in total. The van der Waals surface area contributed by atoms with Crippen molar-refractivity contribution in [3.8, 4) is 0 Å². The number of allylic oxidation sites excluding steroid dienone is 1. The van der Waals surface area contributed by atoms with Crippen molar-refractivity contribution in [3.63, 3.8) is 0 Å². The molecule has 30 atom stereocenters. The standard InChI is InChI=1S/C59H94O24/c1-13-26(2)53(67)79-40-24-39-56(8)17-15-33(20-32(56)14-18-58(39,68)59(69)19-16-34(27(3)61)57(40,59)9)77-41-21-35(62)48(28(4)73-41)80-42-22-36(70-10)49(29(5)74-42)81-43-23-37(71-11)50(30(6)75-43)82-55-47(66)52(72-12)51(31(7)76-55)83-54-46(65)45(64)44(63)38(25-60)78-54/h13-14,28-31,33-52,54-55,60,62-66,68-69H,15-25H2,1-12H3/b26-13+/t28-,29-,30-,31-,33+,34-,35+,36+,37-,38-,39-,40-,41+,42+,43+,44-,45+,46-,47-,48-,49-,50-,51-,52-,54+,55+,56+,57+,58+,59-/m1/s1. The van der Waals surface area contributed by atoms with Crippen LogP contribution in [0.4, 0.5) is 0 Å². The van der Waals surface area contributed by atoms with E-state index in [1.807, 2.05) is 26.8 Å². The lowest BCUT2D eigenvalue weighted by Crippen LogP contribution is -2.75. The van der Waals surface area contributed by atoms with Crippen molar-refractivity contribution in [1.82, 2.24) is 0 Å². The average Bonchev–Trinajstić information content (AvgIpc) is 1.80. The number of ketones is 1. The Bertz CT molecular complexity index is 2290. The van der Waals surface area contributed by atoms with Crippen molar-refractivity contribution in [2.24, 2.45) is 22.7 Å². The first-order valence-corrected chi connectivity index (χ1v) is 29.8. The second-order valence-electron chi connectivity index (χ2n) is 25.4. The number of carbonyl (C=O) groups is 2. The molecule has 5 saturated heterocycles. The molecular formula is C59H94O24. The number of fused-ring (bicyclic) bond motifs is 5. The maximum absolute atomic E-state index is 13.4. The second-order valence-corrected chi connectivity index (χ2v) is 25.4. The van der Waals surface area contributed by atoms with Crippen LogP contribution in [-0.4, -0.2) is 239 Å². The number of aliphatic hydroxyl groups excluding tert-OH is 6. The third-order valence-electron chi connectivity index (χ3n) is 20.8. The Morgan fingerprint density at radius 1 is 0.651 bits per heavy atom. The Labute approximate surface area is 486 Å². The minimum absolute atomic E-state index is 0.101. The van der Waals surface area contributed by atoms with E-state index in [-0.39, 0.29) is 50.4 Å². The third kappa shape index (κ3) is 11.9. The van der Waals surface area contributed by atoms with Gasteiger partial charge in [-0.15, -0.1) is 0 Å². The van der Waals surface area contributed by atoms with Gasteiger partial charge in [-0.25, -0.2) is 4.79 Å². The van der Waals surface area contributed by atoms with Gasteiger partial charge in [-0.05, 0) is 98.8 Å². The molecule has 8 fully saturated rings. The number of hydrogen-bond donors (Lipinski definition) is 8. The van der Waals surface area contributed by atoms with Gasteiger partial charge in [0.1, 0.15) is 84.1 Å². The number of carbonyl (C=O) groups excluding carboxylic acids is 2. The number of aliphatic hydroxyl groups is 8. The molecule has 0 aromatic carbocycles. The molecule has 0 unspecified atom stereocenters. The van der Waals surface area contributed by atoms with Crippen LogP contribution < -0.4 is 0 Å². The third-order valence-corrected chi connectivity index (χ3v) is 20.8. The Hall–Kier alpha value is -2.22. The zero-order valence-corrected chi connectivity index (χ0v) is 50.1. The van der Waals surface area contributed by atoms with Crippen LogP contribution in [0.1, 0.15) is 127 Å². The van der Waals surface area contributed by atoms with Gasteiger partial charge in [0.25, 0.3) is 0 Å². The molecule has 0 aromatic heterocycles. The normalized spacial score (nSPS) is 51.3. The SMILES string of the molecule is C/C=C(\C)C(=O)O[C@@H]1C[C@@H]2[C@@]3(C)CC[C@H](O[C@H]4C[C@H](O)[C@H](O[C@H]5C[C@H](OC)[C@H](O[C@H]6C[C@@H](OC)[C@H](O[C@@H]7O[C@H](C)[C@@H](O[C@@H]8O[C@H](CO)[C@@H](O)[C@H](O)[C@H]8O)[C@H](OC)[C@H]7O)[C@@H](C)O6)[C@@H](C)O5)[C@@H](C)O4)CC3=CC[C@@]2(O)[C@@]2(O)CC[C@H](C(C)=O)[C@@]12C. The van der Waals surface area contributed by atoms with Crippen LogP contribution in [-0.2, 0) is 75.9 Å². The van der Waals surface area contributed by atoms with E-state index in [4.69, 9.17) is 66.3 Å². The van der Waals surface area contributed by atoms with Crippen LogP contribution in [0.15, 0.2) is 23.3 Å². The van der Waals surface area contributed by atoms with Crippen molar-refractivity contribution in [2.75, 3.05) is 27.9 Å². The van der Waals surface area contributed by atoms with E-state index in [9.17, 15) is 50.4 Å². The van der Waals surface area contributed by atoms with Crippen LogP contribution >= 0.6 is 0 Å². The molecule has 0 radical (unpaired) electrons. The van der Waals surface area contributed by atoms with Gasteiger partial charge < -0.3 is 107 Å². The maximum Gasteiger partial charge on any atom is 0.333 e. The fraction of sp³-hybridized carbons (Fsp3) is 0.898. The molecule has 5 heterocycles. The van der Waals surface area contributed by atoms with Crippen LogP contribution in [0.2, 0.25) is 0 Å². The van der Waals surface area contributed by atoms with E-state index in [1.54, 1.807) is 40.9 Å². The predicted octanol–water partition coefficient (Wildman–Crippen LogP) is 1.51. The maximum atomic E-state index is 13.4. The minimum atomic E-state index is -1.69. The molecule has 9 aliphatic rings. The first-order valence-electron chi connectivity index (χ1n) is 29.8. The minimum Gasteiger partial charge on any atom is -0.458 e. The summed E-state index contributed by atoms with van der Waals surface area (Å²) in [6, 6.07) is 0. The first kappa shape index (κ1) is 65.2. The summed E-state index contributed by atoms with van der Waals surface area (Å²) in [5.74, 6) is -1.68. The first-order chi connectivity index (χ1) is 39.2. The predicted molar refractivity (Wildman–Crippen MR) is 287 cm³/mol. The van der Waals surface area contributed by atoms with Crippen molar-refractivity contribution in [2.45, 2.75) is 285 Å². The summed E-state index contributed by atoms with van der Waals surface area (Å²) in [4.78, 5) is 26.6. The number of Topliss-reactive ketones (excluding diaryl/α,β-unsaturated/α-hetero) is 1. The zero-order chi connectivity index (χ0) is 60.4. The molecule has 4 aliphatic carbocycles. The van der Waals surface area contributed by atoms with Gasteiger partial charge in [0.15, 0.2) is 31.5 Å². The van der Waals surface area contributed by atoms with Crippen molar-refractivity contribution in [3.05, 3.63) is 23.3 Å². The van der Waals surface area contributed by atoms with Crippen LogP contribution in [0.3, 0.4) is 0 Å². The highest BCUT2D eigenvalue weighted by atomic mass is 16.8. The van der Waals surface area contributed by atoms with E-state index in [0.29, 0.717) is 31.3 Å². The molecule has 5 aliphatic heterocycles. The monoisotopic (exact) mass is 1190 g/mol. The largest absolute Gasteiger partial charge is 0.458 e. The summed E-state index contributed by atoms with van der Waals surface area (Å²) in [5, 5.41) is 89.8. The summed E-state index contributed by atoms with van der Waals surface area (Å²) in [6.45, 7) is 15.3. The van der Waals surface area contributed by atoms with Crippen LogP contribution in [0, 0.1) is 22.7 Å². The van der Waals surface area contributed by atoms with Crippen LogP contribution in [0.5, 0.6) is 0 Å². The zero-order valence-electron chi connectivity index (χ0n) is 50.1. The van der Waals surface area contributed by atoms with E-state index in [0.717, 1.165) is 5.57 Å². The molecule has 24 heteroatoms. The van der Waals surface area contributed by atoms with E-state index < -0.39 is 188 Å². The number of esters is 1. The van der Waals surface area contributed by atoms with Gasteiger partial charge in [0.2, 0.25) is 0 Å². The van der Waals surface area contributed by atoms with Gasteiger partial charge in [-0.1, -0.05) is 31.6 Å². The molecule has 9 rings (SSSR count). The average molecular weight is 1190 g/mol. The summed E-state index contributed by atoms with van der Waals surface area (Å²) in [6.07, 6.45) is -15.7. The van der Waals surface area contributed by atoms with E-state index in [1.165, 1.54) is 21.1 Å². The Balaban J connectivity index is 0.767. The molecule has 0 aromatic rings. The highest BCUT2D eigenvalue weighted by Gasteiger charge is 2.77. The van der Waals surface area contributed by atoms with E-state index >= 15 is 0 Å². The summed E-state index contributed by atoms with van der Waals surface area (Å²) in [5.41, 5.74) is -3.53. The molecule has 8 N–H and O–H groups in total. The summed E-state index contributed by atoms with van der Waals surface area (Å²) < 4.78 is 86.7. The summed E-state index contributed by atoms with van der Waals surface area (Å²) in [7, 11) is 4.45. The number of ether oxygens (including phenoxy) is 14. The van der Waals surface area contributed by atoms with Crippen LogP contribution in [0.25, 0.3) is 0 Å². The molecule has 0 amide bonds. The number of hydrogen-bond acceptors (Lipinski definition) is 24. The fourth-order valence-electron chi connectivity index (χ4n) is 15.8.